The first-order valence-corrected chi connectivity index (χ1v) is 11.9. The van der Waals surface area contributed by atoms with E-state index in [1.807, 2.05) is 53.2 Å². The van der Waals surface area contributed by atoms with Crippen LogP contribution >= 0.6 is 0 Å². The predicted molar refractivity (Wildman–Crippen MR) is 138 cm³/mol. The lowest BCUT2D eigenvalue weighted by atomic mass is 9.97. The molecule has 2 aromatic heterocycles. The Morgan fingerprint density at radius 2 is 1.81 bits per heavy atom. The van der Waals surface area contributed by atoms with E-state index in [-0.39, 0.29) is 11.8 Å². The Kier molecular flexibility index (Phi) is 6.79. The summed E-state index contributed by atoms with van der Waals surface area (Å²) in [5.74, 6) is 3.26. The molecular formula is C27H28N6O3. The van der Waals surface area contributed by atoms with Crippen molar-refractivity contribution < 1.29 is 14.3 Å². The molecule has 1 aliphatic rings. The lowest BCUT2D eigenvalue weighted by Gasteiger charge is -2.32. The maximum absolute atomic E-state index is 13.1. The number of hydrogen-bond donors (Lipinski definition) is 1. The van der Waals surface area contributed by atoms with E-state index >= 15 is 0 Å². The fraction of sp³-hybridized carbons (Fsp3) is 0.259. The monoisotopic (exact) mass is 484 g/mol. The molecule has 9 heteroatoms. The van der Waals surface area contributed by atoms with Gasteiger partial charge in [0.1, 0.15) is 17.3 Å². The summed E-state index contributed by atoms with van der Waals surface area (Å²) in [6.45, 7) is 1.39. The SMILES string of the molecule is COc1ccc(NC(=O)C2CCCN(c3ccc(-n4ccnc4-c4ccccc4)nn3)C2)c(OC)c1. The Morgan fingerprint density at radius 3 is 2.56 bits per heavy atom. The van der Waals surface area contributed by atoms with Crippen molar-refractivity contribution in [2.24, 2.45) is 5.92 Å². The van der Waals surface area contributed by atoms with Crippen molar-refractivity contribution in [1.29, 1.82) is 0 Å². The van der Waals surface area contributed by atoms with E-state index in [0.717, 1.165) is 36.6 Å². The molecule has 1 aliphatic heterocycles. The molecule has 0 saturated carbocycles. The van der Waals surface area contributed by atoms with Crippen LogP contribution in [-0.2, 0) is 4.79 Å². The minimum atomic E-state index is -0.176. The molecule has 4 aromatic rings. The number of imidazole rings is 1. The van der Waals surface area contributed by atoms with Gasteiger partial charge >= 0.3 is 0 Å². The van der Waals surface area contributed by atoms with E-state index in [1.165, 1.54) is 0 Å². The first kappa shape index (κ1) is 23.3. The zero-order chi connectivity index (χ0) is 24.9. The van der Waals surface area contributed by atoms with Gasteiger partial charge in [-0.25, -0.2) is 4.98 Å². The molecule has 0 radical (unpaired) electrons. The molecule has 0 bridgehead atoms. The zero-order valence-electron chi connectivity index (χ0n) is 20.3. The molecule has 5 rings (SSSR count). The third kappa shape index (κ3) is 4.86. The number of nitrogens with one attached hydrogen (secondary N) is 1. The van der Waals surface area contributed by atoms with Crippen molar-refractivity contribution >= 4 is 17.4 Å². The van der Waals surface area contributed by atoms with E-state index in [0.29, 0.717) is 29.5 Å². The topological polar surface area (TPSA) is 94.4 Å². The average Bonchev–Trinajstić information content (AvgIpc) is 3.44. The molecule has 2 aromatic carbocycles. The van der Waals surface area contributed by atoms with Crippen molar-refractivity contribution in [2.45, 2.75) is 12.8 Å². The molecule has 0 aliphatic carbocycles. The van der Waals surface area contributed by atoms with Gasteiger partial charge in [-0.15, -0.1) is 10.2 Å². The molecule has 1 amide bonds. The highest BCUT2D eigenvalue weighted by Crippen LogP contribution is 2.30. The van der Waals surface area contributed by atoms with Crippen molar-refractivity contribution in [3.63, 3.8) is 0 Å². The standard InChI is InChI=1S/C27H28N6O3/c1-35-21-10-11-22(23(17-21)36-2)29-27(34)20-9-6-15-32(18-20)24-12-13-25(31-30-24)33-16-14-28-26(33)19-7-4-3-5-8-19/h3-5,7-8,10-14,16-17,20H,6,9,15,18H2,1-2H3,(H,29,34). The number of piperidine rings is 1. The van der Waals surface area contributed by atoms with E-state index < -0.39 is 0 Å². The summed E-state index contributed by atoms with van der Waals surface area (Å²) in [4.78, 5) is 19.7. The molecule has 0 spiro atoms. The number of aromatic nitrogens is 4. The van der Waals surface area contributed by atoms with Gasteiger partial charge in [0.25, 0.3) is 0 Å². The van der Waals surface area contributed by atoms with Crippen molar-refractivity contribution in [1.82, 2.24) is 19.7 Å². The zero-order valence-corrected chi connectivity index (χ0v) is 20.3. The molecule has 184 valence electrons. The first-order chi connectivity index (χ1) is 17.7. The number of ether oxygens (including phenoxy) is 2. The number of methoxy groups -OCH3 is 2. The van der Waals surface area contributed by atoms with Crippen LogP contribution in [0.2, 0.25) is 0 Å². The van der Waals surface area contributed by atoms with Gasteiger partial charge in [-0.2, -0.15) is 0 Å². The molecule has 1 fully saturated rings. The molecule has 36 heavy (non-hydrogen) atoms. The second kappa shape index (κ2) is 10.5. The largest absolute Gasteiger partial charge is 0.497 e. The maximum atomic E-state index is 13.1. The Bertz CT molecular complexity index is 1320. The molecule has 3 heterocycles. The molecular weight excluding hydrogens is 456 g/mol. The van der Waals surface area contributed by atoms with Crippen LogP contribution in [0.1, 0.15) is 12.8 Å². The number of nitrogens with zero attached hydrogens (tertiary/aromatic N) is 5. The third-order valence-corrected chi connectivity index (χ3v) is 6.34. The molecule has 1 unspecified atom stereocenters. The number of benzene rings is 2. The summed E-state index contributed by atoms with van der Waals surface area (Å²) < 4.78 is 12.6. The third-order valence-electron chi connectivity index (χ3n) is 6.34. The second-order valence-corrected chi connectivity index (χ2v) is 8.58. The lowest BCUT2D eigenvalue weighted by Crippen LogP contribution is -2.41. The first-order valence-electron chi connectivity index (χ1n) is 11.9. The number of hydrogen-bond acceptors (Lipinski definition) is 7. The summed E-state index contributed by atoms with van der Waals surface area (Å²) in [7, 11) is 3.17. The van der Waals surface area contributed by atoms with E-state index in [9.17, 15) is 4.79 Å². The van der Waals surface area contributed by atoms with Crippen LogP contribution in [0.3, 0.4) is 0 Å². The van der Waals surface area contributed by atoms with Crippen LogP contribution in [0.5, 0.6) is 11.5 Å². The van der Waals surface area contributed by atoms with Crippen LogP contribution < -0.4 is 19.7 Å². The predicted octanol–water partition coefficient (Wildman–Crippen LogP) is 4.20. The quantitative estimate of drug-likeness (QED) is 0.420. The fourth-order valence-electron chi connectivity index (χ4n) is 4.44. The molecule has 9 nitrogen and oxygen atoms in total. The number of carbonyl (C=O) groups is 1. The number of anilines is 2. The number of rotatable bonds is 7. The van der Waals surface area contributed by atoms with Crippen molar-refractivity contribution in [3.05, 3.63) is 73.1 Å². The minimum Gasteiger partial charge on any atom is -0.497 e. The van der Waals surface area contributed by atoms with Crippen LogP contribution in [-0.4, -0.2) is 53.0 Å². The van der Waals surface area contributed by atoms with E-state index in [4.69, 9.17) is 9.47 Å². The summed E-state index contributed by atoms with van der Waals surface area (Å²) in [5.41, 5.74) is 1.63. The summed E-state index contributed by atoms with van der Waals surface area (Å²) in [6, 6.07) is 19.2. The summed E-state index contributed by atoms with van der Waals surface area (Å²) in [5, 5.41) is 12.0. The van der Waals surface area contributed by atoms with Gasteiger partial charge in [0, 0.05) is 37.1 Å². The van der Waals surface area contributed by atoms with Crippen LogP contribution in [0, 0.1) is 5.92 Å². The lowest BCUT2D eigenvalue weighted by molar-refractivity contribution is -0.120. The van der Waals surface area contributed by atoms with Crippen LogP contribution in [0.25, 0.3) is 17.2 Å². The number of carbonyl (C=O) groups excluding carboxylic acids is 1. The van der Waals surface area contributed by atoms with E-state index in [1.54, 1.807) is 38.6 Å². The van der Waals surface area contributed by atoms with Gasteiger partial charge < -0.3 is 19.7 Å². The Labute approximate surface area is 209 Å². The minimum absolute atomic E-state index is 0.0429. The Morgan fingerprint density at radius 1 is 1.00 bits per heavy atom. The summed E-state index contributed by atoms with van der Waals surface area (Å²) >= 11 is 0. The van der Waals surface area contributed by atoms with Gasteiger partial charge in [0.2, 0.25) is 5.91 Å². The molecule has 1 N–H and O–H groups in total. The normalized spacial score (nSPS) is 15.4. The van der Waals surface area contributed by atoms with E-state index in [2.05, 4.69) is 25.4 Å². The molecule has 1 saturated heterocycles. The average molecular weight is 485 g/mol. The van der Waals surface area contributed by atoms with Gasteiger partial charge in [-0.1, -0.05) is 30.3 Å². The Balaban J connectivity index is 1.28. The van der Waals surface area contributed by atoms with Crippen LogP contribution in [0.15, 0.2) is 73.1 Å². The highest BCUT2D eigenvalue weighted by molar-refractivity contribution is 5.94. The smallest absolute Gasteiger partial charge is 0.229 e. The van der Waals surface area contributed by atoms with Gasteiger partial charge in [0.15, 0.2) is 11.6 Å². The van der Waals surface area contributed by atoms with Crippen molar-refractivity contribution in [2.75, 3.05) is 37.5 Å². The second-order valence-electron chi connectivity index (χ2n) is 8.58. The van der Waals surface area contributed by atoms with Gasteiger partial charge in [0.05, 0.1) is 25.8 Å². The fourth-order valence-corrected chi connectivity index (χ4v) is 4.44. The number of amides is 1. The van der Waals surface area contributed by atoms with Gasteiger partial charge in [-0.3, -0.25) is 9.36 Å². The summed E-state index contributed by atoms with van der Waals surface area (Å²) in [6.07, 6.45) is 5.33. The maximum Gasteiger partial charge on any atom is 0.229 e. The van der Waals surface area contributed by atoms with Gasteiger partial charge in [-0.05, 0) is 37.1 Å². The Hall–Kier alpha value is -4.40. The highest BCUT2D eigenvalue weighted by Gasteiger charge is 2.27. The molecule has 1 atom stereocenters. The van der Waals surface area contributed by atoms with Crippen molar-refractivity contribution in [3.8, 4) is 28.7 Å². The highest BCUT2D eigenvalue weighted by atomic mass is 16.5. The van der Waals surface area contributed by atoms with Crippen LogP contribution in [0.4, 0.5) is 11.5 Å².